The fourth-order valence-electron chi connectivity index (χ4n) is 2.50. The predicted octanol–water partition coefficient (Wildman–Crippen LogP) is 3.36. The summed E-state index contributed by atoms with van der Waals surface area (Å²) in [6, 6.07) is 8.14. The van der Waals surface area contributed by atoms with Gasteiger partial charge in [-0.15, -0.1) is 0 Å². The Morgan fingerprint density at radius 2 is 2.19 bits per heavy atom. The number of aryl methyl sites for hydroxylation is 3. The maximum atomic E-state index is 12.5. The fourth-order valence-corrected chi connectivity index (χ4v) is 3.29. The number of hydrogen-bond acceptors (Lipinski definition) is 4. The van der Waals surface area contributed by atoms with Gasteiger partial charge in [0.25, 0.3) is 5.22 Å². The molecule has 0 bridgehead atoms. The van der Waals surface area contributed by atoms with Gasteiger partial charge in [-0.05, 0) is 38.3 Å². The number of aromatic nitrogens is 1. The van der Waals surface area contributed by atoms with E-state index in [9.17, 15) is 4.79 Å². The Kier molecular flexibility index (Phi) is 4.01. The van der Waals surface area contributed by atoms with Crippen LogP contribution in [-0.2, 0) is 11.2 Å². The molecule has 0 N–H and O–H groups in total. The van der Waals surface area contributed by atoms with Gasteiger partial charge in [-0.2, -0.15) is 0 Å². The number of benzene rings is 1. The van der Waals surface area contributed by atoms with Crippen molar-refractivity contribution in [3.05, 3.63) is 41.3 Å². The van der Waals surface area contributed by atoms with Crippen LogP contribution < -0.4 is 4.90 Å². The molecule has 0 fully saturated rings. The van der Waals surface area contributed by atoms with E-state index in [1.807, 2.05) is 36.9 Å². The van der Waals surface area contributed by atoms with Crippen molar-refractivity contribution < 1.29 is 9.21 Å². The SMILES string of the molecule is Cc1nc(SCC(=O)N2CCCc3ccccc32)oc1C. The van der Waals surface area contributed by atoms with E-state index in [4.69, 9.17) is 4.42 Å². The van der Waals surface area contributed by atoms with Gasteiger partial charge < -0.3 is 9.32 Å². The van der Waals surface area contributed by atoms with Crippen LogP contribution in [0.4, 0.5) is 5.69 Å². The maximum Gasteiger partial charge on any atom is 0.256 e. The molecule has 1 amide bonds. The van der Waals surface area contributed by atoms with Crippen molar-refractivity contribution >= 4 is 23.4 Å². The van der Waals surface area contributed by atoms with Gasteiger partial charge in [0.15, 0.2) is 0 Å². The third-order valence-electron chi connectivity index (χ3n) is 3.74. The fraction of sp³-hybridized carbons (Fsp3) is 0.375. The molecule has 21 heavy (non-hydrogen) atoms. The predicted molar refractivity (Wildman–Crippen MR) is 83.8 cm³/mol. The zero-order chi connectivity index (χ0) is 14.8. The lowest BCUT2D eigenvalue weighted by Gasteiger charge is -2.29. The van der Waals surface area contributed by atoms with Crippen LogP contribution in [0.25, 0.3) is 0 Å². The number of carbonyl (C=O) groups is 1. The van der Waals surface area contributed by atoms with E-state index >= 15 is 0 Å². The van der Waals surface area contributed by atoms with E-state index in [-0.39, 0.29) is 5.91 Å². The number of rotatable bonds is 3. The maximum absolute atomic E-state index is 12.5. The summed E-state index contributed by atoms with van der Waals surface area (Å²) in [5, 5.41) is 0.573. The summed E-state index contributed by atoms with van der Waals surface area (Å²) in [4.78, 5) is 18.6. The Balaban J connectivity index is 1.69. The summed E-state index contributed by atoms with van der Waals surface area (Å²) in [5.74, 6) is 1.28. The summed E-state index contributed by atoms with van der Waals surface area (Å²) in [6.45, 7) is 4.58. The molecule has 0 spiro atoms. The third kappa shape index (κ3) is 2.97. The molecule has 0 unspecified atom stereocenters. The Morgan fingerprint density at radius 1 is 1.38 bits per heavy atom. The lowest BCUT2D eigenvalue weighted by Crippen LogP contribution is -2.36. The number of hydrogen-bond donors (Lipinski definition) is 0. The average molecular weight is 302 g/mol. The van der Waals surface area contributed by atoms with Gasteiger partial charge in [-0.1, -0.05) is 30.0 Å². The number of thioether (sulfide) groups is 1. The molecule has 1 aliphatic rings. The Labute approximate surface area is 128 Å². The van der Waals surface area contributed by atoms with Crippen molar-refractivity contribution in [2.24, 2.45) is 0 Å². The summed E-state index contributed by atoms with van der Waals surface area (Å²) >= 11 is 1.36. The molecular formula is C16H18N2O2S. The van der Waals surface area contributed by atoms with Crippen molar-refractivity contribution in [3.8, 4) is 0 Å². The van der Waals surface area contributed by atoms with E-state index in [1.165, 1.54) is 17.3 Å². The molecule has 1 aliphatic heterocycles. The van der Waals surface area contributed by atoms with Crippen molar-refractivity contribution in [2.45, 2.75) is 31.9 Å². The van der Waals surface area contributed by atoms with Gasteiger partial charge in [-0.3, -0.25) is 4.79 Å². The van der Waals surface area contributed by atoms with E-state index in [2.05, 4.69) is 11.1 Å². The zero-order valence-electron chi connectivity index (χ0n) is 12.3. The normalized spacial score (nSPS) is 14.1. The van der Waals surface area contributed by atoms with Crippen LogP contribution in [0.5, 0.6) is 0 Å². The minimum Gasteiger partial charge on any atom is -0.437 e. The molecule has 0 saturated carbocycles. The van der Waals surface area contributed by atoms with Gasteiger partial charge in [0, 0.05) is 12.2 Å². The van der Waals surface area contributed by atoms with Gasteiger partial charge in [-0.25, -0.2) is 4.98 Å². The van der Waals surface area contributed by atoms with Crippen LogP contribution >= 0.6 is 11.8 Å². The standard InChI is InChI=1S/C16H18N2O2S/c1-11-12(2)20-16(17-11)21-10-15(19)18-9-5-7-13-6-3-4-8-14(13)18/h3-4,6,8H,5,7,9-10H2,1-2H3. The first-order valence-electron chi connectivity index (χ1n) is 7.10. The Hall–Kier alpha value is -1.75. The lowest BCUT2D eigenvalue weighted by atomic mass is 10.0. The van der Waals surface area contributed by atoms with E-state index in [0.717, 1.165) is 36.5 Å². The second-order valence-electron chi connectivity index (χ2n) is 5.19. The van der Waals surface area contributed by atoms with Gasteiger partial charge >= 0.3 is 0 Å². The molecule has 0 aliphatic carbocycles. The van der Waals surface area contributed by atoms with Crippen LogP contribution in [0.2, 0.25) is 0 Å². The Bertz CT molecular complexity index is 647. The lowest BCUT2D eigenvalue weighted by molar-refractivity contribution is -0.116. The van der Waals surface area contributed by atoms with Crippen molar-refractivity contribution in [1.29, 1.82) is 0 Å². The molecule has 3 rings (SSSR count). The number of nitrogens with zero attached hydrogens (tertiary/aromatic N) is 2. The quantitative estimate of drug-likeness (QED) is 0.816. The second-order valence-corrected chi connectivity index (χ2v) is 6.11. The highest BCUT2D eigenvalue weighted by Gasteiger charge is 2.22. The summed E-state index contributed by atoms with van der Waals surface area (Å²) in [5.41, 5.74) is 3.19. The van der Waals surface area contributed by atoms with Crippen molar-refractivity contribution in [3.63, 3.8) is 0 Å². The summed E-state index contributed by atoms with van der Waals surface area (Å²) < 4.78 is 5.50. The minimum atomic E-state index is 0.112. The number of carbonyl (C=O) groups excluding carboxylic acids is 1. The van der Waals surface area contributed by atoms with Crippen LogP contribution in [0.1, 0.15) is 23.4 Å². The molecule has 1 aromatic carbocycles. The monoisotopic (exact) mass is 302 g/mol. The first kappa shape index (κ1) is 14.2. The van der Waals surface area contributed by atoms with Crippen LogP contribution in [-0.4, -0.2) is 23.2 Å². The van der Waals surface area contributed by atoms with Crippen LogP contribution in [0.15, 0.2) is 33.9 Å². The number of amides is 1. The molecule has 1 aromatic heterocycles. The molecule has 5 heteroatoms. The first-order chi connectivity index (χ1) is 10.1. The number of fused-ring (bicyclic) bond motifs is 1. The van der Waals surface area contributed by atoms with Gasteiger partial charge in [0.05, 0.1) is 11.4 Å². The van der Waals surface area contributed by atoms with E-state index in [1.54, 1.807) is 0 Å². The molecule has 0 saturated heterocycles. The average Bonchev–Trinajstić information content (AvgIpc) is 2.83. The third-order valence-corrected chi connectivity index (χ3v) is 4.55. The molecular weight excluding hydrogens is 284 g/mol. The summed E-state index contributed by atoms with van der Waals surface area (Å²) in [6.07, 6.45) is 2.07. The molecule has 0 atom stereocenters. The van der Waals surface area contributed by atoms with Crippen LogP contribution in [0.3, 0.4) is 0 Å². The molecule has 2 aromatic rings. The molecule has 110 valence electrons. The van der Waals surface area contributed by atoms with E-state index in [0.29, 0.717) is 11.0 Å². The molecule has 2 heterocycles. The highest BCUT2D eigenvalue weighted by molar-refractivity contribution is 7.99. The highest BCUT2D eigenvalue weighted by Crippen LogP contribution is 2.28. The number of para-hydroxylation sites is 1. The van der Waals surface area contributed by atoms with Gasteiger partial charge in [0.1, 0.15) is 5.76 Å². The molecule has 4 nitrogen and oxygen atoms in total. The van der Waals surface area contributed by atoms with Crippen molar-refractivity contribution in [1.82, 2.24) is 4.98 Å². The zero-order valence-corrected chi connectivity index (χ0v) is 13.1. The highest BCUT2D eigenvalue weighted by atomic mass is 32.2. The largest absolute Gasteiger partial charge is 0.437 e. The number of oxazole rings is 1. The topological polar surface area (TPSA) is 46.3 Å². The summed E-state index contributed by atoms with van der Waals surface area (Å²) in [7, 11) is 0. The van der Waals surface area contributed by atoms with Crippen LogP contribution in [0, 0.1) is 13.8 Å². The smallest absolute Gasteiger partial charge is 0.256 e. The molecule has 0 radical (unpaired) electrons. The Morgan fingerprint density at radius 3 is 2.95 bits per heavy atom. The van der Waals surface area contributed by atoms with Gasteiger partial charge in [0.2, 0.25) is 5.91 Å². The van der Waals surface area contributed by atoms with E-state index < -0.39 is 0 Å². The minimum absolute atomic E-state index is 0.112. The second kappa shape index (κ2) is 5.93. The number of anilines is 1. The van der Waals surface area contributed by atoms with Crippen molar-refractivity contribution in [2.75, 3.05) is 17.2 Å². The first-order valence-corrected chi connectivity index (χ1v) is 8.09.